The molecular formula is C18H29Cl2N3O3. The molecule has 2 atom stereocenters. The van der Waals surface area contributed by atoms with Crippen molar-refractivity contribution in [1.82, 2.24) is 4.90 Å². The van der Waals surface area contributed by atoms with Gasteiger partial charge in [-0.2, -0.15) is 0 Å². The highest BCUT2D eigenvalue weighted by molar-refractivity contribution is 5.95. The standard InChI is InChI=1S/C18H27N3O3.2ClH/c1-13-2-3-14(12-21-6-8-23-9-7-21)10-16(13)20-18(22)17-5-4-15(11-19)24-17;;/h2-3,10,15,17H,4-9,11-12,19H2,1H3,(H,20,22);2*1H/t15-,17+;;/m1../s1. The lowest BCUT2D eigenvalue weighted by atomic mass is 10.1. The Labute approximate surface area is 167 Å². The molecule has 3 rings (SSSR count). The summed E-state index contributed by atoms with van der Waals surface area (Å²) in [5, 5.41) is 3.03. The van der Waals surface area contributed by atoms with Gasteiger partial charge in [-0.05, 0) is 37.0 Å². The quantitative estimate of drug-likeness (QED) is 0.784. The summed E-state index contributed by atoms with van der Waals surface area (Å²) in [6.07, 6.45) is 1.21. The molecule has 0 radical (unpaired) electrons. The average Bonchev–Trinajstić information content (AvgIpc) is 3.08. The lowest BCUT2D eigenvalue weighted by Gasteiger charge is -2.26. The van der Waals surface area contributed by atoms with Crippen LogP contribution in [0.15, 0.2) is 18.2 Å². The molecule has 2 fully saturated rings. The Morgan fingerprint density at radius 3 is 2.65 bits per heavy atom. The minimum atomic E-state index is -0.388. The smallest absolute Gasteiger partial charge is 0.253 e. The number of nitrogens with one attached hydrogen (secondary N) is 1. The zero-order chi connectivity index (χ0) is 16.9. The Hall–Kier alpha value is -0.890. The molecule has 0 aliphatic carbocycles. The first kappa shape index (κ1) is 23.1. The van der Waals surface area contributed by atoms with Crippen molar-refractivity contribution >= 4 is 36.4 Å². The lowest BCUT2D eigenvalue weighted by molar-refractivity contribution is -0.126. The van der Waals surface area contributed by atoms with Crippen LogP contribution < -0.4 is 11.1 Å². The number of nitrogens with two attached hydrogens (primary N) is 1. The SMILES string of the molecule is Cc1ccc(CN2CCOCC2)cc1NC(=O)[C@@H]1CC[C@H](CN)O1.Cl.Cl. The van der Waals surface area contributed by atoms with Crippen LogP contribution in [0, 0.1) is 6.92 Å². The lowest BCUT2D eigenvalue weighted by Crippen LogP contribution is -2.35. The predicted octanol–water partition coefficient (Wildman–Crippen LogP) is 2.12. The summed E-state index contributed by atoms with van der Waals surface area (Å²) in [5.74, 6) is -0.0717. The number of halogens is 2. The molecule has 0 bridgehead atoms. The number of rotatable bonds is 5. The summed E-state index contributed by atoms with van der Waals surface area (Å²) in [4.78, 5) is 14.8. The number of hydrogen-bond acceptors (Lipinski definition) is 5. The van der Waals surface area contributed by atoms with E-state index in [0.717, 1.165) is 56.9 Å². The number of amides is 1. The number of anilines is 1. The zero-order valence-corrected chi connectivity index (χ0v) is 16.7. The molecule has 2 saturated heterocycles. The number of morpholine rings is 1. The molecule has 2 aliphatic heterocycles. The molecule has 2 heterocycles. The molecule has 0 unspecified atom stereocenters. The summed E-state index contributed by atoms with van der Waals surface area (Å²) in [7, 11) is 0. The first-order chi connectivity index (χ1) is 11.7. The van der Waals surface area contributed by atoms with Crippen molar-refractivity contribution in [1.29, 1.82) is 0 Å². The van der Waals surface area contributed by atoms with Gasteiger partial charge in [0.15, 0.2) is 0 Å². The maximum Gasteiger partial charge on any atom is 0.253 e. The molecular weight excluding hydrogens is 377 g/mol. The fourth-order valence-corrected chi connectivity index (χ4v) is 3.20. The Morgan fingerprint density at radius 1 is 1.27 bits per heavy atom. The summed E-state index contributed by atoms with van der Waals surface area (Å²) in [6, 6.07) is 6.25. The molecule has 1 amide bonds. The second kappa shape index (κ2) is 11.1. The third-order valence-electron chi connectivity index (χ3n) is 4.73. The van der Waals surface area contributed by atoms with Crippen molar-refractivity contribution in [3.63, 3.8) is 0 Å². The number of benzene rings is 1. The van der Waals surface area contributed by atoms with E-state index in [2.05, 4.69) is 28.4 Å². The van der Waals surface area contributed by atoms with Gasteiger partial charge in [-0.3, -0.25) is 9.69 Å². The van der Waals surface area contributed by atoms with Gasteiger partial charge < -0.3 is 20.5 Å². The predicted molar refractivity (Wildman–Crippen MR) is 107 cm³/mol. The highest BCUT2D eigenvalue weighted by Gasteiger charge is 2.30. The summed E-state index contributed by atoms with van der Waals surface area (Å²) >= 11 is 0. The van der Waals surface area contributed by atoms with Crippen LogP contribution in [0.2, 0.25) is 0 Å². The average molecular weight is 406 g/mol. The molecule has 2 aliphatic rings. The van der Waals surface area contributed by atoms with Crippen molar-refractivity contribution in [3.05, 3.63) is 29.3 Å². The summed E-state index contributed by atoms with van der Waals surface area (Å²) in [6.45, 7) is 6.83. The van der Waals surface area contributed by atoms with E-state index < -0.39 is 0 Å². The van der Waals surface area contributed by atoms with E-state index in [9.17, 15) is 4.79 Å². The van der Waals surface area contributed by atoms with Gasteiger partial charge in [0.05, 0.1) is 19.3 Å². The number of ether oxygens (including phenoxy) is 2. The number of carbonyl (C=O) groups is 1. The Bertz CT molecular complexity index is 583. The molecule has 1 aromatic carbocycles. The van der Waals surface area contributed by atoms with Gasteiger partial charge >= 0.3 is 0 Å². The molecule has 6 nitrogen and oxygen atoms in total. The summed E-state index contributed by atoms with van der Waals surface area (Å²) < 4.78 is 11.1. The van der Waals surface area contributed by atoms with Gasteiger partial charge in [0, 0.05) is 31.9 Å². The van der Waals surface area contributed by atoms with Crippen molar-refractivity contribution < 1.29 is 14.3 Å². The normalized spacial score (nSPS) is 23.0. The molecule has 8 heteroatoms. The Balaban J connectivity index is 0.00000169. The highest BCUT2D eigenvalue weighted by Crippen LogP contribution is 2.23. The van der Waals surface area contributed by atoms with E-state index in [1.54, 1.807) is 0 Å². The summed E-state index contributed by atoms with van der Waals surface area (Å²) in [5.41, 5.74) is 8.73. The third-order valence-corrected chi connectivity index (χ3v) is 4.73. The van der Waals surface area contributed by atoms with Crippen LogP contribution in [0.5, 0.6) is 0 Å². The van der Waals surface area contributed by atoms with Crippen LogP contribution in [-0.2, 0) is 20.8 Å². The second-order valence-electron chi connectivity index (χ2n) is 6.59. The van der Waals surface area contributed by atoms with Gasteiger partial charge in [0.25, 0.3) is 5.91 Å². The molecule has 3 N–H and O–H groups in total. The van der Waals surface area contributed by atoms with E-state index in [4.69, 9.17) is 15.2 Å². The number of nitrogens with zero attached hydrogens (tertiary/aromatic N) is 1. The first-order valence-electron chi connectivity index (χ1n) is 8.71. The second-order valence-corrected chi connectivity index (χ2v) is 6.59. The van der Waals surface area contributed by atoms with Crippen LogP contribution >= 0.6 is 24.8 Å². The van der Waals surface area contributed by atoms with E-state index in [0.29, 0.717) is 6.54 Å². The Morgan fingerprint density at radius 2 is 2.00 bits per heavy atom. The van der Waals surface area contributed by atoms with E-state index in [-0.39, 0.29) is 42.9 Å². The van der Waals surface area contributed by atoms with Crippen LogP contribution in [-0.4, -0.2) is 55.9 Å². The van der Waals surface area contributed by atoms with Gasteiger partial charge in [0.1, 0.15) is 6.10 Å². The van der Waals surface area contributed by atoms with Crippen LogP contribution in [0.4, 0.5) is 5.69 Å². The van der Waals surface area contributed by atoms with Gasteiger partial charge in [-0.1, -0.05) is 12.1 Å². The fraction of sp³-hybridized carbons (Fsp3) is 0.611. The van der Waals surface area contributed by atoms with Crippen molar-refractivity contribution in [3.8, 4) is 0 Å². The molecule has 0 saturated carbocycles. The first-order valence-corrected chi connectivity index (χ1v) is 8.71. The van der Waals surface area contributed by atoms with E-state index >= 15 is 0 Å². The van der Waals surface area contributed by atoms with Crippen molar-refractivity contribution in [2.75, 3.05) is 38.2 Å². The van der Waals surface area contributed by atoms with Crippen molar-refractivity contribution in [2.45, 2.75) is 38.5 Å². The minimum Gasteiger partial charge on any atom is -0.379 e. The van der Waals surface area contributed by atoms with Gasteiger partial charge in [-0.15, -0.1) is 24.8 Å². The van der Waals surface area contributed by atoms with E-state index in [1.807, 2.05) is 6.92 Å². The van der Waals surface area contributed by atoms with Gasteiger partial charge in [-0.25, -0.2) is 0 Å². The van der Waals surface area contributed by atoms with Crippen LogP contribution in [0.3, 0.4) is 0 Å². The maximum absolute atomic E-state index is 12.4. The van der Waals surface area contributed by atoms with Gasteiger partial charge in [0.2, 0.25) is 0 Å². The molecule has 0 spiro atoms. The third kappa shape index (κ3) is 6.08. The van der Waals surface area contributed by atoms with Crippen LogP contribution in [0.1, 0.15) is 24.0 Å². The molecule has 0 aromatic heterocycles. The van der Waals surface area contributed by atoms with Crippen molar-refractivity contribution in [2.24, 2.45) is 5.73 Å². The zero-order valence-electron chi connectivity index (χ0n) is 15.1. The topological polar surface area (TPSA) is 76.8 Å². The fourth-order valence-electron chi connectivity index (χ4n) is 3.20. The van der Waals surface area contributed by atoms with Crippen LogP contribution in [0.25, 0.3) is 0 Å². The highest BCUT2D eigenvalue weighted by atomic mass is 35.5. The molecule has 1 aromatic rings. The Kier molecular flexibility index (Phi) is 9.85. The minimum absolute atomic E-state index is 0. The molecule has 148 valence electrons. The monoisotopic (exact) mass is 405 g/mol. The maximum atomic E-state index is 12.4. The van der Waals surface area contributed by atoms with E-state index in [1.165, 1.54) is 5.56 Å². The largest absolute Gasteiger partial charge is 0.379 e. The number of carbonyl (C=O) groups excluding carboxylic acids is 1. The number of hydrogen-bond donors (Lipinski definition) is 2. The number of aryl methyl sites for hydroxylation is 1. The molecule has 26 heavy (non-hydrogen) atoms.